The zero-order valence-electron chi connectivity index (χ0n) is 11.9. The van der Waals surface area contributed by atoms with Crippen LogP contribution >= 0.6 is 15.9 Å². The number of benzene rings is 1. The van der Waals surface area contributed by atoms with Crippen LogP contribution in [0.15, 0.2) is 24.3 Å². The van der Waals surface area contributed by atoms with Crippen molar-refractivity contribution in [2.45, 2.75) is 43.9 Å². The third-order valence-electron chi connectivity index (χ3n) is 3.57. The highest BCUT2D eigenvalue weighted by Gasteiger charge is 2.29. The van der Waals surface area contributed by atoms with Gasteiger partial charge in [0.05, 0.1) is 0 Å². The lowest BCUT2D eigenvalue weighted by molar-refractivity contribution is 0.0951. The summed E-state index contributed by atoms with van der Waals surface area (Å²) in [6.07, 6.45) is 2.56. The highest BCUT2D eigenvalue weighted by Crippen LogP contribution is 2.36. The van der Waals surface area contributed by atoms with Gasteiger partial charge in [-0.05, 0) is 35.8 Å². The van der Waals surface area contributed by atoms with E-state index in [1.54, 1.807) is 0 Å². The van der Waals surface area contributed by atoms with Crippen molar-refractivity contribution in [2.24, 2.45) is 5.92 Å². The van der Waals surface area contributed by atoms with Crippen molar-refractivity contribution in [1.82, 2.24) is 5.32 Å². The molecule has 1 aromatic carbocycles. The third-order valence-corrected chi connectivity index (χ3v) is 4.64. The highest BCUT2D eigenvalue weighted by molar-refractivity contribution is 9.09. The molecule has 0 spiro atoms. The van der Waals surface area contributed by atoms with Crippen molar-refractivity contribution in [1.29, 1.82) is 0 Å². The molecule has 1 atom stereocenters. The van der Waals surface area contributed by atoms with Gasteiger partial charge in [0, 0.05) is 16.9 Å². The minimum absolute atomic E-state index is 0.0156. The Balaban J connectivity index is 2.06. The number of amides is 1. The summed E-state index contributed by atoms with van der Waals surface area (Å²) in [5.41, 5.74) is 1.88. The van der Waals surface area contributed by atoms with E-state index in [1.807, 2.05) is 24.3 Å². The van der Waals surface area contributed by atoms with E-state index in [0.717, 1.165) is 17.0 Å². The van der Waals surface area contributed by atoms with Gasteiger partial charge in [0.1, 0.15) is 0 Å². The van der Waals surface area contributed by atoms with Crippen LogP contribution in [0.1, 0.15) is 49.5 Å². The van der Waals surface area contributed by atoms with Crippen molar-refractivity contribution < 1.29 is 4.79 Å². The molecule has 1 N–H and O–H groups in total. The first kappa shape index (κ1) is 14.6. The first-order valence-corrected chi connectivity index (χ1v) is 7.83. The number of halogens is 1. The van der Waals surface area contributed by atoms with Crippen LogP contribution in [0.2, 0.25) is 0 Å². The maximum atomic E-state index is 12.3. The molecule has 1 aliphatic rings. The molecule has 0 heterocycles. The van der Waals surface area contributed by atoms with Crippen LogP contribution in [0, 0.1) is 5.92 Å². The van der Waals surface area contributed by atoms with Gasteiger partial charge in [-0.2, -0.15) is 0 Å². The number of carbonyl (C=O) groups excluding carboxylic acids is 1. The lowest BCUT2D eigenvalue weighted by atomic mass is 9.83. The quantitative estimate of drug-likeness (QED) is 0.837. The molecule has 1 unspecified atom stereocenters. The molecule has 0 aliphatic heterocycles. The average Bonchev–Trinajstić information content (AvgIpc) is 3.18. The molecule has 0 radical (unpaired) electrons. The molecule has 0 aromatic heterocycles. The summed E-state index contributed by atoms with van der Waals surface area (Å²) in [4.78, 5) is 12.7. The zero-order valence-corrected chi connectivity index (χ0v) is 13.5. The molecule has 2 rings (SSSR count). The largest absolute Gasteiger partial charge is 0.351 e. The predicted molar refractivity (Wildman–Crippen MR) is 82.9 cm³/mol. The molecule has 104 valence electrons. The van der Waals surface area contributed by atoms with E-state index in [-0.39, 0.29) is 11.3 Å². The van der Waals surface area contributed by atoms with E-state index >= 15 is 0 Å². The molecule has 1 aromatic rings. The fourth-order valence-electron chi connectivity index (χ4n) is 2.25. The van der Waals surface area contributed by atoms with Crippen molar-refractivity contribution in [3.05, 3.63) is 35.4 Å². The van der Waals surface area contributed by atoms with Gasteiger partial charge in [-0.3, -0.25) is 4.79 Å². The molecular formula is C16H22BrNO. The lowest BCUT2D eigenvalue weighted by Crippen LogP contribution is -2.32. The van der Waals surface area contributed by atoms with Gasteiger partial charge in [-0.15, -0.1) is 0 Å². The first-order chi connectivity index (χ1) is 8.89. The SMILES string of the molecule is CC(C)(C)c1ccccc1C(=O)NCC(Br)C1CC1. The monoisotopic (exact) mass is 323 g/mol. The summed E-state index contributed by atoms with van der Waals surface area (Å²) in [6, 6.07) is 7.88. The van der Waals surface area contributed by atoms with Crippen molar-refractivity contribution in [3.63, 3.8) is 0 Å². The Kier molecular flexibility index (Phi) is 4.34. The lowest BCUT2D eigenvalue weighted by Gasteiger charge is -2.22. The maximum Gasteiger partial charge on any atom is 0.251 e. The molecule has 0 saturated heterocycles. The molecule has 1 saturated carbocycles. The molecule has 2 nitrogen and oxygen atoms in total. The highest BCUT2D eigenvalue weighted by atomic mass is 79.9. The van der Waals surface area contributed by atoms with Crippen LogP contribution in [-0.4, -0.2) is 17.3 Å². The van der Waals surface area contributed by atoms with Gasteiger partial charge in [0.15, 0.2) is 0 Å². The van der Waals surface area contributed by atoms with E-state index in [2.05, 4.69) is 42.0 Å². The van der Waals surface area contributed by atoms with Crippen LogP contribution in [0.25, 0.3) is 0 Å². The number of nitrogens with one attached hydrogen (secondary N) is 1. The van der Waals surface area contributed by atoms with E-state index in [1.165, 1.54) is 12.8 Å². The number of carbonyl (C=O) groups is 1. The van der Waals surface area contributed by atoms with Gasteiger partial charge >= 0.3 is 0 Å². The van der Waals surface area contributed by atoms with E-state index in [4.69, 9.17) is 0 Å². The Hall–Kier alpha value is -0.830. The number of rotatable bonds is 4. The van der Waals surface area contributed by atoms with Crippen LogP contribution < -0.4 is 5.32 Å². The third kappa shape index (κ3) is 3.82. The normalized spacial score (nSPS) is 17.1. The van der Waals surface area contributed by atoms with Gasteiger partial charge in [-0.25, -0.2) is 0 Å². The molecule has 1 aliphatic carbocycles. The molecule has 1 fully saturated rings. The maximum absolute atomic E-state index is 12.3. The van der Waals surface area contributed by atoms with E-state index in [0.29, 0.717) is 11.4 Å². The molecule has 0 bridgehead atoms. The number of hydrogen-bond donors (Lipinski definition) is 1. The number of hydrogen-bond acceptors (Lipinski definition) is 1. The van der Waals surface area contributed by atoms with Gasteiger partial charge < -0.3 is 5.32 Å². The van der Waals surface area contributed by atoms with Gasteiger partial charge in [0.2, 0.25) is 0 Å². The molecule has 19 heavy (non-hydrogen) atoms. The molecular weight excluding hydrogens is 302 g/mol. The van der Waals surface area contributed by atoms with Crippen LogP contribution in [0.5, 0.6) is 0 Å². The predicted octanol–water partition coefficient (Wildman–Crippen LogP) is 3.89. The number of alkyl halides is 1. The van der Waals surface area contributed by atoms with Crippen molar-refractivity contribution in [2.75, 3.05) is 6.54 Å². The summed E-state index contributed by atoms with van der Waals surface area (Å²) in [5.74, 6) is 0.786. The summed E-state index contributed by atoms with van der Waals surface area (Å²) < 4.78 is 0. The van der Waals surface area contributed by atoms with Crippen molar-refractivity contribution >= 4 is 21.8 Å². The Labute approximate surface area is 124 Å². The van der Waals surface area contributed by atoms with Crippen LogP contribution in [0.4, 0.5) is 0 Å². The first-order valence-electron chi connectivity index (χ1n) is 6.91. The second-order valence-corrected chi connectivity index (χ2v) is 7.54. The fraction of sp³-hybridized carbons (Fsp3) is 0.562. The Morgan fingerprint density at radius 2 is 2.00 bits per heavy atom. The standard InChI is InChI=1S/C16H22BrNO/c1-16(2,3)13-7-5-4-6-12(13)15(19)18-10-14(17)11-8-9-11/h4-7,11,14H,8-10H2,1-3H3,(H,18,19). The fourth-order valence-corrected chi connectivity index (χ4v) is 2.94. The van der Waals surface area contributed by atoms with E-state index in [9.17, 15) is 4.79 Å². The van der Waals surface area contributed by atoms with Crippen LogP contribution in [0.3, 0.4) is 0 Å². The molecule has 1 amide bonds. The average molecular weight is 324 g/mol. The van der Waals surface area contributed by atoms with E-state index < -0.39 is 0 Å². The smallest absolute Gasteiger partial charge is 0.251 e. The molecule has 3 heteroatoms. The zero-order chi connectivity index (χ0) is 14.0. The summed E-state index contributed by atoms with van der Waals surface area (Å²) in [6.45, 7) is 7.12. The topological polar surface area (TPSA) is 29.1 Å². The Bertz CT molecular complexity index is 460. The summed E-state index contributed by atoms with van der Waals surface area (Å²) >= 11 is 3.65. The van der Waals surface area contributed by atoms with Gasteiger partial charge in [-0.1, -0.05) is 54.9 Å². The Morgan fingerprint density at radius 3 is 2.58 bits per heavy atom. The Morgan fingerprint density at radius 1 is 1.37 bits per heavy atom. The van der Waals surface area contributed by atoms with Crippen LogP contribution in [-0.2, 0) is 5.41 Å². The van der Waals surface area contributed by atoms with Crippen molar-refractivity contribution in [3.8, 4) is 0 Å². The summed E-state index contributed by atoms with van der Waals surface area (Å²) in [5, 5.41) is 3.05. The second kappa shape index (κ2) is 5.66. The van der Waals surface area contributed by atoms with Gasteiger partial charge in [0.25, 0.3) is 5.91 Å². The minimum atomic E-state index is -0.0156. The summed E-state index contributed by atoms with van der Waals surface area (Å²) in [7, 11) is 0. The second-order valence-electron chi connectivity index (χ2n) is 6.36. The minimum Gasteiger partial charge on any atom is -0.351 e.